The second kappa shape index (κ2) is 7.16. The third kappa shape index (κ3) is 5.20. The van der Waals surface area contributed by atoms with Crippen LogP contribution in [0.5, 0.6) is 0 Å². The molecule has 0 aromatic heterocycles. The molecular weight excluding hydrogens is 348 g/mol. The maximum atomic E-state index is 12.0. The normalized spacial score (nSPS) is 13.4. The molecule has 0 aliphatic heterocycles. The molecule has 20 heavy (non-hydrogen) atoms. The van der Waals surface area contributed by atoms with Crippen molar-refractivity contribution in [3.63, 3.8) is 0 Å². The van der Waals surface area contributed by atoms with Crippen molar-refractivity contribution in [3.8, 4) is 0 Å². The van der Waals surface area contributed by atoms with Gasteiger partial charge in [-0.3, -0.25) is 4.79 Å². The lowest BCUT2D eigenvalue weighted by molar-refractivity contribution is -0.137. The highest BCUT2D eigenvalue weighted by Gasteiger charge is 2.21. The van der Waals surface area contributed by atoms with Crippen LogP contribution in [-0.4, -0.2) is 37.4 Å². The summed E-state index contributed by atoms with van der Waals surface area (Å²) < 4.78 is 28.4. The molecule has 1 aromatic carbocycles. The largest absolute Gasteiger partial charge is 0.481 e. The van der Waals surface area contributed by atoms with Crippen LogP contribution in [-0.2, 0) is 15.0 Å². The molecule has 2 N–H and O–H groups in total. The van der Waals surface area contributed by atoms with Gasteiger partial charge in [0.05, 0.1) is 6.42 Å². The molecule has 0 spiro atoms. The lowest BCUT2D eigenvalue weighted by Crippen LogP contribution is -2.40. The van der Waals surface area contributed by atoms with Gasteiger partial charge in [0.2, 0.25) is 0 Å². The van der Waals surface area contributed by atoms with Gasteiger partial charge in [0.15, 0.2) is 0 Å². The van der Waals surface area contributed by atoms with Gasteiger partial charge in [-0.25, -0.2) is 0 Å². The van der Waals surface area contributed by atoms with Gasteiger partial charge in [-0.2, -0.15) is 17.4 Å². The SMILES string of the molecule is CC(NS(=O)(=O)N(C)CCC(=O)O)c1ccc(Br)cc1. The van der Waals surface area contributed by atoms with Crippen molar-refractivity contribution in [3.05, 3.63) is 34.3 Å². The Bertz CT molecular complexity index is 559. The molecule has 0 radical (unpaired) electrons. The number of carboxylic acid groups (broad SMARTS) is 1. The summed E-state index contributed by atoms with van der Waals surface area (Å²) >= 11 is 3.31. The minimum absolute atomic E-state index is 0.0717. The zero-order chi connectivity index (χ0) is 15.3. The molecule has 1 atom stereocenters. The maximum Gasteiger partial charge on any atom is 0.304 e. The molecule has 0 aliphatic carbocycles. The minimum Gasteiger partial charge on any atom is -0.481 e. The number of carboxylic acids is 1. The predicted octanol–water partition coefficient (Wildman–Crippen LogP) is 1.75. The highest BCUT2D eigenvalue weighted by Crippen LogP contribution is 2.17. The van der Waals surface area contributed by atoms with Crippen molar-refractivity contribution in [2.45, 2.75) is 19.4 Å². The lowest BCUT2D eigenvalue weighted by atomic mass is 10.1. The Morgan fingerprint density at radius 2 is 1.95 bits per heavy atom. The number of nitrogens with one attached hydrogen (secondary N) is 1. The van der Waals surface area contributed by atoms with E-state index in [0.29, 0.717) is 0 Å². The molecule has 6 nitrogen and oxygen atoms in total. The van der Waals surface area contributed by atoms with Gasteiger partial charge in [-0.15, -0.1) is 0 Å². The van der Waals surface area contributed by atoms with Crippen LogP contribution in [0.1, 0.15) is 24.9 Å². The highest BCUT2D eigenvalue weighted by molar-refractivity contribution is 9.10. The summed E-state index contributed by atoms with van der Waals surface area (Å²) in [5.41, 5.74) is 0.823. The quantitative estimate of drug-likeness (QED) is 0.771. The highest BCUT2D eigenvalue weighted by atomic mass is 79.9. The minimum atomic E-state index is -3.71. The number of hydrogen-bond donors (Lipinski definition) is 2. The first kappa shape index (κ1) is 17.1. The third-order valence-corrected chi connectivity index (χ3v) is 4.93. The van der Waals surface area contributed by atoms with E-state index in [2.05, 4.69) is 20.7 Å². The smallest absolute Gasteiger partial charge is 0.304 e. The van der Waals surface area contributed by atoms with Gasteiger partial charge in [-0.1, -0.05) is 28.1 Å². The van der Waals surface area contributed by atoms with Crippen LogP contribution in [0.15, 0.2) is 28.7 Å². The van der Waals surface area contributed by atoms with E-state index in [-0.39, 0.29) is 13.0 Å². The van der Waals surface area contributed by atoms with Crippen molar-refractivity contribution in [2.24, 2.45) is 0 Å². The van der Waals surface area contributed by atoms with E-state index in [0.717, 1.165) is 14.3 Å². The number of aliphatic carboxylic acids is 1. The Kier molecular flexibility index (Phi) is 6.12. The number of nitrogens with zero attached hydrogens (tertiary/aromatic N) is 1. The number of hydrogen-bond acceptors (Lipinski definition) is 3. The molecule has 0 heterocycles. The average molecular weight is 365 g/mol. The summed E-state index contributed by atoms with van der Waals surface area (Å²) in [6.07, 6.45) is -0.232. The molecule has 1 rings (SSSR count). The summed E-state index contributed by atoms with van der Waals surface area (Å²) in [4.78, 5) is 10.5. The van der Waals surface area contributed by atoms with Crippen LogP contribution in [0.3, 0.4) is 0 Å². The van der Waals surface area contributed by atoms with E-state index in [1.165, 1.54) is 7.05 Å². The molecule has 0 saturated heterocycles. The van der Waals surface area contributed by atoms with Crippen molar-refractivity contribution < 1.29 is 18.3 Å². The van der Waals surface area contributed by atoms with Crippen molar-refractivity contribution in [1.29, 1.82) is 0 Å². The lowest BCUT2D eigenvalue weighted by Gasteiger charge is -2.20. The topological polar surface area (TPSA) is 86.7 Å². The fourth-order valence-electron chi connectivity index (χ4n) is 1.51. The Morgan fingerprint density at radius 3 is 2.45 bits per heavy atom. The zero-order valence-electron chi connectivity index (χ0n) is 11.2. The second-order valence-corrected chi connectivity index (χ2v) is 7.09. The van der Waals surface area contributed by atoms with Gasteiger partial charge < -0.3 is 5.11 Å². The molecule has 8 heteroatoms. The third-order valence-electron chi connectivity index (χ3n) is 2.75. The van der Waals surface area contributed by atoms with Crippen LogP contribution in [0, 0.1) is 0 Å². The van der Waals surface area contributed by atoms with Crippen LogP contribution in [0.25, 0.3) is 0 Å². The van der Waals surface area contributed by atoms with E-state index in [9.17, 15) is 13.2 Å². The van der Waals surface area contributed by atoms with Crippen LogP contribution in [0.2, 0.25) is 0 Å². The fraction of sp³-hybridized carbons (Fsp3) is 0.417. The Labute approximate surface area is 127 Å². The average Bonchev–Trinajstić information content (AvgIpc) is 2.35. The van der Waals surface area contributed by atoms with Crippen LogP contribution in [0.4, 0.5) is 0 Å². The molecule has 1 unspecified atom stereocenters. The summed E-state index contributed by atoms with van der Waals surface area (Å²) in [5.74, 6) is -1.03. The Balaban J connectivity index is 2.69. The molecule has 0 amide bonds. The summed E-state index contributed by atoms with van der Waals surface area (Å²) in [5, 5.41) is 8.57. The number of halogens is 1. The van der Waals surface area contributed by atoms with Gasteiger partial charge in [-0.05, 0) is 24.6 Å². The molecule has 0 aliphatic rings. The fourth-order valence-corrected chi connectivity index (χ4v) is 2.86. The molecule has 112 valence electrons. The summed E-state index contributed by atoms with van der Waals surface area (Å²) in [7, 11) is -2.36. The van der Waals surface area contributed by atoms with Gasteiger partial charge in [0.25, 0.3) is 10.2 Å². The molecule has 0 saturated carbocycles. The maximum absolute atomic E-state index is 12.0. The van der Waals surface area contributed by atoms with E-state index in [4.69, 9.17) is 5.11 Å². The van der Waals surface area contributed by atoms with Crippen LogP contribution >= 0.6 is 15.9 Å². The van der Waals surface area contributed by atoms with Gasteiger partial charge in [0.1, 0.15) is 0 Å². The first-order valence-electron chi connectivity index (χ1n) is 5.93. The Morgan fingerprint density at radius 1 is 1.40 bits per heavy atom. The van der Waals surface area contributed by atoms with E-state index < -0.39 is 22.2 Å². The first-order chi connectivity index (χ1) is 9.22. The van der Waals surface area contributed by atoms with E-state index >= 15 is 0 Å². The standard InChI is InChI=1S/C12H17BrN2O4S/c1-9(10-3-5-11(13)6-4-10)14-20(18,19)15(2)8-7-12(16)17/h3-6,9,14H,7-8H2,1-2H3,(H,16,17). The van der Waals surface area contributed by atoms with Crippen molar-refractivity contribution in [2.75, 3.05) is 13.6 Å². The van der Waals surface area contributed by atoms with Crippen LogP contribution < -0.4 is 4.72 Å². The van der Waals surface area contributed by atoms with Gasteiger partial charge in [0, 0.05) is 24.1 Å². The monoisotopic (exact) mass is 364 g/mol. The number of benzene rings is 1. The molecule has 0 bridgehead atoms. The van der Waals surface area contributed by atoms with Gasteiger partial charge >= 0.3 is 5.97 Å². The predicted molar refractivity (Wildman–Crippen MR) is 79.5 cm³/mol. The zero-order valence-corrected chi connectivity index (χ0v) is 13.6. The molecule has 1 aromatic rings. The molecular formula is C12H17BrN2O4S. The molecule has 0 fully saturated rings. The second-order valence-electron chi connectivity index (χ2n) is 4.36. The number of rotatable bonds is 7. The van der Waals surface area contributed by atoms with Crippen molar-refractivity contribution >= 4 is 32.1 Å². The number of carbonyl (C=O) groups is 1. The summed E-state index contributed by atoms with van der Waals surface area (Å²) in [6.45, 7) is 1.66. The summed E-state index contributed by atoms with van der Waals surface area (Å²) in [6, 6.07) is 6.88. The van der Waals surface area contributed by atoms with Crippen molar-refractivity contribution in [1.82, 2.24) is 9.03 Å². The van der Waals surface area contributed by atoms with E-state index in [1.54, 1.807) is 6.92 Å². The van der Waals surface area contributed by atoms with E-state index in [1.807, 2.05) is 24.3 Å². The first-order valence-corrected chi connectivity index (χ1v) is 8.16. The Hall–Kier alpha value is -0.960.